The predicted molar refractivity (Wildman–Crippen MR) is 121 cm³/mol. The summed E-state index contributed by atoms with van der Waals surface area (Å²) in [4.78, 5) is 42.0. The zero-order valence-electron chi connectivity index (χ0n) is 18.9. The van der Waals surface area contributed by atoms with E-state index in [1.165, 1.54) is 17.0 Å². The maximum Gasteiger partial charge on any atom is 0.289 e. The Labute approximate surface area is 195 Å². The molecule has 2 aliphatic heterocycles. The second-order valence-corrected chi connectivity index (χ2v) is 8.66. The monoisotopic (exact) mass is 464 g/mol. The average molecular weight is 464 g/mol. The lowest BCUT2D eigenvalue weighted by atomic mass is 10.0. The molecule has 1 aromatic carbocycles. The lowest BCUT2D eigenvalue weighted by Crippen LogP contribution is -2.57. The van der Waals surface area contributed by atoms with Gasteiger partial charge in [-0.1, -0.05) is 0 Å². The number of amides is 2. The van der Waals surface area contributed by atoms with Crippen LogP contribution in [0, 0.1) is 0 Å². The summed E-state index contributed by atoms with van der Waals surface area (Å²) in [6.45, 7) is 4.97. The van der Waals surface area contributed by atoms with Crippen molar-refractivity contribution in [3.8, 4) is 22.8 Å². The van der Waals surface area contributed by atoms with E-state index < -0.39 is 5.54 Å². The van der Waals surface area contributed by atoms with Crippen molar-refractivity contribution < 1.29 is 23.5 Å². The number of benzene rings is 1. The van der Waals surface area contributed by atoms with Crippen LogP contribution in [0.1, 0.15) is 24.4 Å². The van der Waals surface area contributed by atoms with Crippen molar-refractivity contribution in [3.63, 3.8) is 0 Å². The van der Waals surface area contributed by atoms with Crippen molar-refractivity contribution in [1.82, 2.24) is 19.6 Å². The maximum absolute atomic E-state index is 13.4. The fourth-order valence-electron chi connectivity index (χ4n) is 4.17. The number of ether oxygens (including phenoxy) is 2. The number of furan rings is 1. The summed E-state index contributed by atoms with van der Waals surface area (Å²) in [5.74, 6) is 1.09. The van der Waals surface area contributed by atoms with Gasteiger partial charge in [0.25, 0.3) is 11.5 Å². The van der Waals surface area contributed by atoms with Gasteiger partial charge >= 0.3 is 0 Å². The number of piperazine rings is 1. The van der Waals surface area contributed by atoms with Gasteiger partial charge in [-0.2, -0.15) is 5.10 Å². The molecule has 1 saturated heterocycles. The Morgan fingerprint density at radius 2 is 1.68 bits per heavy atom. The molecular weight excluding hydrogens is 440 g/mol. The van der Waals surface area contributed by atoms with Gasteiger partial charge in [-0.05, 0) is 50.2 Å². The normalized spacial score (nSPS) is 15.5. The van der Waals surface area contributed by atoms with Gasteiger partial charge in [0.2, 0.25) is 12.7 Å². The van der Waals surface area contributed by atoms with E-state index in [0.717, 1.165) is 5.56 Å². The second kappa shape index (κ2) is 8.36. The largest absolute Gasteiger partial charge is 0.459 e. The van der Waals surface area contributed by atoms with Gasteiger partial charge in [0.15, 0.2) is 17.3 Å². The molecule has 2 aromatic heterocycles. The summed E-state index contributed by atoms with van der Waals surface area (Å²) < 4.78 is 17.2. The minimum Gasteiger partial charge on any atom is -0.459 e. The van der Waals surface area contributed by atoms with Crippen molar-refractivity contribution in [2.45, 2.75) is 19.4 Å². The molecule has 0 atom stereocenters. The van der Waals surface area contributed by atoms with E-state index in [1.54, 1.807) is 54.0 Å². The van der Waals surface area contributed by atoms with Crippen molar-refractivity contribution >= 4 is 11.8 Å². The molecule has 34 heavy (non-hydrogen) atoms. The first kappa shape index (κ1) is 21.7. The van der Waals surface area contributed by atoms with E-state index in [9.17, 15) is 14.4 Å². The summed E-state index contributed by atoms with van der Waals surface area (Å²) >= 11 is 0. The van der Waals surface area contributed by atoms with Crippen molar-refractivity contribution in [1.29, 1.82) is 0 Å². The predicted octanol–water partition coefficient (Wildman–Crippen LogP) is 1.95. The van der Waals surface area contributed by atoms with Gasteiger partial charge in [-0.25, -0.2) is 4.68 Å². The number of aromatic nitrogens is 2. The standard InChI is InChI=1S/C24H24N4O6/c1-24(2,23(31)27-11-9-26(10-12-27)22(30)19-4-3-13-32-19)28-21(29)8-6-17(25-28)16-5-7-18-20(14-16)34-15-33-18/h3-8,13-14H,9-12,15H2,1-2H3. The summed E-state index contributed by atoms with van der Waals surface area (Å²) in [6.07, 6.45) is 1.46. The first-order valence-electron chi connectivity index (χ1n) is 11.0. The van der Waals surface area contributed by atoms with Gasteiger partial charge in [0, 0.05) is 37.8 Å². The van der Waals surface area contributed by atoms with Gasteiger partial charge in [-0.3, -0.25) is 14.4 Å². The molecule has 0 spiro atoms. The van der Waals surface area contributed by atoms with Gasteiger partial charge in [-0.15, -0.1) is 0 Å². The summed E-state index contributed by atoms with van der Waals surface area (Å²) in [6, 6.07) is 11.7. The van der Waals surface area contributed by atoms with Crippen LogP contribution in [0.5, 0.6) is 11.5 Å². The molecule has 0 unspecified atom stereocenters. The van der Waals surface area contributed by atoms with Crippen molar-refractivity contribution in [3.05, 3.63) is 64.8 Å². The van der Waals surface area contributed by atoms with Crippen LogP contribution in [0.15, 0.2) is 57.9 Å². The van der Waals surface area contributed by atoms with Crippen LogP contribution >= 0.6 is 0 Å². The van der Waals surface area contributed by atoms with Crippen LogP contribution in [0.25, 0.3) is 11.3 Å². The third-order valence-corrected chi connectivity index (χ3v) is 6.11. The molecule has 0 radical (unpaired) electrons. The third kappa shape index (κ3) is 3.81. The van der Waals surface area contributed by atoms with Crippen LogP contribution in [0.4, 0.5) is 0 Å². The molecule has 0 saturated carbocycles. The molecule has 2 aliphatic rings. The molecular formula is C24H24N4O6. The van der Waals surface area contributed by atoms with Crippen LogP contribution < -0.4 is 15.0 Å². The number of carbonyl (C=O) groups is 2. The summed E-state index contributed by atoms with van der Waals surface area (Å²) in [5, 5.41) is 4.52. The molecule has 10 nitrogen and oxygen atoms in total. The summed E-state index contributed by atoms with van der Waals surface area (Å²) in [7, 11) is 0. The fourth-order valence-corrected chi connectivity index (χ4v) is 4.17. The smallest absolute Gasteiger partial charge is 0.289 e. The fraction of sp³-hybridized carbons (Fsp3) is 0.333. The number of nitrogens with zero attached hydrogens (tertiary/aromatic N) is 4. The Morgan fingerprint density at radius 1 is 0.941 bits per heavy atom. The first-order chi connectivity index (χ1) is 16.3. The molecule has 3 aromatic rings. The minimum absolute atomic E-state index is 0.160. The van der Waals surface area contributed by atoms with E-state index in [2.05, 4.69) is 5.10 Å². The number of hydrogen-bond acceptors (Lipinski definition) is 7. The Hall–Kier alpha value is -4.08. The quantitative estimate of drug-likeness (QED) is 0.581. The van der Waals surface area contributed by atoms with E-state index in [1.807, 2.05) is 6.07 Å². The lowest BCUT2D eigenvalue weighted by Gasteiger charge is -2.38. The van der Waals surface area contributed by atoms with Crippen LogP contribution in [0.3, 0.4) is 0 Å². The van der Waals surface area contributed by atoms with E-state index >= 15 is 0 Å². The molecule has 0 bridgehead atoms. The SMILES string of the molecule is CC(C)(C(=O)N1CCN(C(=O)c2ccco2)CC1)n1nc(-c2ccc3c(c2)OCO3)ccc1=O. The highest BCUT2D eigenvalue weighted by molar-refractivity contribution is 5.91. The molecule has 10 heteroatoms. The number of carbonyl (C=O) groups excluding carboxylic acids is 2. The highest BCUT2D eigenvalue weighted by Gasteiger charge is 2.38. The Balaban J connectivity index is 1.34. The van der Waals surface area contributed by atoms with Gasteiger partial charge < -0.3 is 23.7 Å². The molecule has 0 aliphatic carbocycles. The highest BCUT2D eigenvalue weighted by atomic mass is 16.7. The van der Waals surface area contributed by atoms with Gasteiger partial charge in [0.1, 0.15) is 5.54 Å². The van der Waals surface area contributed by atoms with Crippen molar-refractivity contribution in [2.24, 2.45) is 0 Å². The maximum atomic E-state index is 13.4. The summed E-state index contributed by atoms with van der Waals surface area (Å²) in [5.41, 5.74) is -0.329. The molecule has 4 heterocycles. The number of fused-ring (bicyclic) bond motifs is 1. The molecule has 1 fully saturated rings. The first-order valence-corrected chi connectivity index (χ1v) is 11.0. The van der Waals surface area contributed by atoms with Crippen LogP contribution in [-0.4, -0.2) is 64.4 Å². The van der Waals surface area contributed by atoms with E-state index in [4.69, 9.17) is 13.9 Å². The number of rotatable bonds is 4. The Bertz CT molecular complexity index is 1290. The van der Waals surface area contributed by atoms with Crippen molar-refractivity contribution in [2.75, 3.05) is 33.0 Å². The van der Waals surface area contributed by atoms with Crippen LogP contribution in [-0.2, 0) is 10.3 Å². The second-order valence-electron chi connectivity index (χ2n) is 8.66. The van der Waals surface area contributed by atoms with Crippen LogP contribution in [0.2, 0.25) is 0 Å². The zero-order chi connectivity index (χ0) is 23.9. The molecule has 0 N–H and O–H groups in total. The van der Waals surface area contributed by atoms with E-state index in [0.29, 0.717) is 43.4 Å². The molecule has 5 rings (SSSR count). The third-order valence-electron chi connectivity index (χ3n) is 6.11. The highest BCUT2D eigenvalue weighted by Crippen LogP contribution is 2.35. The topological polar surface area (TPSA) is 107 Å². The molecule has 2 amide bonds. The zero-order valence-corrected chi connectivity index (χ0v) is 18.9. The van der Waals surface area contributed by atoms with E-state index in [-0.39, 0.29) is 29.9 Å². The molecule has 176 valence electrons. The Kier molecular flexibility index (Phi) is 5.35. The lowest BCUT2D eigenvalue weighted by molar-refractivity contribution is -0.141. The minimum atomic E-state index is -1.23. The van der Waals surface area contributed by atoms with Gasteiger partial charge in [0.05, 0.1) is 12.0 Å². The number of hydrogen-bond donors (Lipinski definition) is 0. The Morgan fingerprint density at radius 3 is 2.41 bits per heavy atom. The average Bonchev–Trinajstić information content (AvgIpc) is 3.55.